The van der Waals surface area contributed by atoms with Gasteiger partial charge >= 0.3 is 0 Å². The Hall–Kier alpha value is -0.570. The fraction of sp³-hybridized carbons (Fsp3) is 0.778. The van der Waals surface area contributed by atoms with Crippen molar-refractivity contribution in [3.8, 4) is 0 Å². The number of nitrogens with zero attached hydrogens (tertiary/aromatic N) is 2. The third kappa shape index (κ3) is 1.78. The molecule has 3 nitrogen and oxygen atoms in total. The van der Waals surface area contributed by atoms with Crippen molar-refractivity contribution in [1.29, 1.82) is 0 Å². The molecule has 12 heavy (non-hydrogen) atoms. The molecule has 0 saturated carbocycles. The lowest BCUT2D eigenvalue weighted by molar-refractivity contribution is -0.135. The highest BCUT2D eigenvalue weighted by Gasteiger charge is 2.28. The minimum absolute atomic E-state index is 0.170. The Morgan fingerprint density at radius 2 is 1.75 bits per heavy atom. The van der Waals surface area contributed by atoms with Gasteiger partial charge in [-0.3, -0.25) is 9.69 Å². The zero-order valence-corrected chi connectivity index (χ0v) is 8.08. The molecule has 1 rings (SSSR count). The molecule has 1 fully saturated rings. The Morgan fingerprint density at radius 1 is 1.33 bits per heavy atom. The Bertz CT molecular complexity index is 169. The SMILES string of the molecule is [CH2]N1CC(C)N(C(C)=O)C(C)C1. The lowest BCUT2D eigenvalue weighted by atomic mass is 10.1. The lowest BCUT2D eigenvalue weighted by Crippen LogP contribution is -2.56. The molecule has 0 bridgehead atoms. The summed E-state index contributed by atoms with van der Waals surface area (Å²) in [5.41, 5.74) is 0. The number of carbonyl (C=O) groups excluding carboxylic acids is 1. The summed E-state index contributed by atoms with van der Waals surface area (Å²) in [4.78, 5) is 15.2. The third-order valence-electron chi connectivity index (χ3n) is 2.36. The van der Waals surface area contributed by atoms with E-state index in [-0.39, 0.29) is 5.91 Å². The van der Waals surface area contributed by atoms with Crippen LogP contribution in [0.5, 0.6) is 0 Å². The van der Waals surface area contributed by atoms with Gasteiger partial charge in [-0.2, -0.15) is 0 Å². The van der Waals surface area contributed by atoms with Crippen LogP contribution in [0.4, 0.5) is 0 Å². The Morgan fingerprint density at radius 3 is 2.08 bits per heavy atom. The van der Waals surface area contributed by atoms with E-state index in [0.717, 1.165) is 13.1 Å². The minimum atomic E-state index is 0.170. The number of hydrogen-bond donors (Lipinski definition) is 0. The quantitative estimate of drug-likeness (QED) is 0.533. The average molecular weight is 169 g/mol. The second kappa shape index (κ2) is 3.44. The Kier molecular flexibility index (Phi) is 2.73. The first-order chi connectivity index (χ1) is 5.52. The summed E-state index contributed by atoms with van der Waals surface area (Å²) in [5, 5.41) is 0. The van der Waals surface area contributed by atoms with Crippen LogP contribution >= 0.6 is 0 Å². The molecule has 3 heteroatoms. The summed E-state index contributed by atoms with van der Waals surface area (Å²) in [5.74, 6) is 0.170. The van der Waals surface area contributed by atoms with Gasteiger partial charge in [0.05, 0.1) is 0 Å². The molecule has 0 aromatic heterocycles. The standard InChI is InChI=1S/C9H17N2O/c1-7-5-10(4)6-8(2)11(7)9(3)12/h7-8H,4-6H2,1-3H3. The largest absolute Gasteiger partial charge is 0.335 e. The van der Waals surface area contributed by atoms with Crippen LogP contribution in [0.25, 0.3) is 0 Å². The van der Waals surface area contributed by atoms with Crippen molar-refractivity contribution in [2.24, 2.45) is 0 Å². The van der Waals surface area contributed by atoms with Gasteiger partial charge in [-0.05, 0) is 13.8 Å². The predicted octanol–water partition coefficient (Wildman–Crippen LogP) is 0.719. The second-order valence-electron chi connectivity index (χ2n) is 3.66. The van der Waals surface area contributed by atoms with E-state index in [4.69, 9.17) is 0 Å². The highest BCUT2D eigenvalue weighted by molar-refractivity contribution is 5.74. The van der Waals surface area contributed by atoms with Crippen molar-refractivity contribution in [2.75, 3.05) is 13.1 Å². The van der Waals surface area contributed by atoms with Crippen LogP contribution in [0.15, 0.2) is 0 Å². The Balaban J connectivity index is 2.66. The molecule has 0 aliphatic carbocycles. The second-order valence-corrected chi connectivity index (χ2v) is 3.66. The number of hydrogen-bond acceptors (Lipinski definition) is 2. The van der Waals surface area contributed by atoms with Crippen molar-refractivity contribution in [2.45, 2.75) is 32.9 Å². The first-order valence-corrected chi connectivity index (χ1v) is 4.36. The van der Waals surface area contributed by atoms with E-state index in [2.05, 4.69) is 20.9 Å². The average Bonchev–Trinajstić information content (AvgIpc) is 1.82. The van der Waals surface area contributed by atoms with Gasteiger partial charge < -0.3 is 4.90 Å². The van der Waals surface area contributed by atoms with Gasteiger partial charge in [0.25, 0.3) is 0 Å². The summed E-state index contributed by atoms with van der Waals surface area (Å²) in [6.07, 6.45) is 0. The van der Waals surface area contributed by atoms with Gasteiger partial charge in [-0.1, -0.05) is 0 Å². The van der Waals surface area contributed by atoms with Gasteiger partial charge in [0.1, 0.15) is 0 Å². The molecule has 2 unspecified atom stereocenters. The van der Waals surface area contributed by atoms with Crippen molar-refractivity contribution >= 4 is 5.91 Å². The molecule has 1 saturated heterocycles. The maximum absolute atomic E-state index is 11.2. The molecule has 0 spiro atoms. The highest BCUT2D eigenvalue weighted by atomic mass is 16.2. The van der Waals surface area contributed by atoms with Crippen LogP contribution in [0.2, 0.25) is 0 Å². The maximum Gasteiger partial charge on any atom is 0.220 e. The van der Waals surface area contributed by atoms with Crippen LogP contribution in [0.3, 0.4) is 0 Å². The van der Waals surface area contributed by atoms with E-state index in [0.29, 0.717) is 12.1 Å². The monoisotopic (exact) mass is 169 g/mol. The van der Waals surface area contributed by atoms with Gasteiger partial charge in [0, 0.05) is 39.1 Å². The van der Waals surface area contributed by atoms with Gasteiger partial charge in [-0.15, -0.1) is 0 Å². The zero-order chi connectivity index (χ0) is 9.30. The van der Waals surface area contributed by atoms with Crippen LogP contribution in [0, 0.1) is 7.05 Å². The molecule has 1 amide bonds. The minimum Gasteiger partial charge on any atom is -0.335 e. The summed E-state index contributed by atoms with van der Waals surface area (Å²) >= 11 is 0. The topological polar surface area (TPSA) is 23.6 Å². The maximum atomic E-state index is 11.2. The third-order valence-corrected chi connectivity index (χ3v) is 2.36. The van der Waals surface area contributed by atoms with E-state index >= 15 is 0 Å². The molecule has 1 aliphatic heterocycles. The molecular weight excluding hydrogens is 152 g/mol. The number of carbonyl (C=O) groups is 1. The van der Waals surface area contributed by atoms with E-state index in [1.54, 1.807) is 6.92 Å². The highest BCUT2D eigenvalue weighted by Crippen LogP contribution is 2.14. The molecular formula is C9H17N2O. The number of piperazine rings is 1. The zero-order valence-electron chi connectivity index (χ0n) is 8.08. The molecule has 2 atom stereocenters. The molecule has 0 N–H and O–H groups in total. The van der Waals surface area contributed by atoms with Crippen LogP contribution in [-0.4, -0.2) is 40.9 Å². The molecule has 0 aromatic rings. The lowest BCUT2D eigenvalue weighted by Gasteiger charge is -2.42. The van der Waals surface area contributed by atoms with Crippen LogP contribution in [-0.2, 0) is 4.79 Å². The Labute approximate surface area is 74.3 Å². The summed E-state index contributed by atoms with van der Waals surface area (Å²) < 4.78 is 0. The van der Waals surface area contributed by atoms with E-state index in [1.807, 2.05) is 9.80 Å². The van der Waals surface area contributed by atoms with E-state index in [1.165, 1.54) is 0 Å². The van der Waals surface area contributed by atoms with Crippen LogP contribution < -0.4 is 0 Å². The van der Waals surface area contributed by atoms with E-state index in [9.17, 15) is 4.79 Å². The molecule has 1 aliphatic rings. The van der Waals surface area contributed by atoms with Crippen LogP contribution in [0.1, 0.15) is 20.8 Å². The first kappa shape index (κ1) is 9.52. The van der Waals surface area contributed by atoms with Crippen molar-refractivity contribution in [3.63, 3.8) is 0 Å². The fourth-order valence-electron chi connectivity index (χ4n) is 2.05. The summed E-state index contributed by atoms with van der Waals surface area (Å²) in [6, 6.07) is 0.590. The van der Waals surface area contributed by atoms with Crippen molar-refractivity contribution in [1.82, 2.24) is 9.80 Å². The molecule has 69 valence electrons. The smallest absolute Gasteiger partial charge is 0.220 e. The fourth-order valence-corrected chi connectivity index (χ4v) is 2.05. The van der Waals surface area contributed by atoms with Crippen molar-refractivity contribution in [3.05, 3.63) is 7.05 Å². The first-order valence-electron chi connectivity index (χ1n) is 4.36. The van der Waals surface area contributed by atoms with Gasteiger partial charge in [-0.25, -0.2) is 0 Å². The van der Waals surface area contributed by atoms with Crippen molar-refractivity contribution < 1.29 is 4.79 Å². The molecule has 0 aromatic carbocycles. The van der Waals surface area contributed by atoms with E-state index < -0.39 is 0 Å². The summed E-state index contributed by atoms with van der Waals surface area (Å²) in [6.45, 7) is 7.52. The molecule has 1 radical (unpaired) electrons. The predicted molar refractivity (Wildman–Crippen MR) is 48.4 cm³/mol. The normalized spacial score (nSPS) is 32.2. The molecule has 1 heterocycles. The van der Waals surface area contributed by atoms with Gasteiger partial charge in [0.2, 0.25) is 5.91 Å². The number of rotatable bonds is 0. The number of amides is 1. The summed E-state index contributed by atoms with van der Waals surface area (Å²) in [7, 11) is 3.89. The van der Waals surface area contributed by atoms with Gasteiger partial charge in [0.15, 0.2) is 0 Å².